The van der Waals surface area contributed by atoms with Crippen molar-refractivity contribution in [2.75, 3.05) is 0 Å². The third-order valence-electron chi connectivity index (χ3n) is 3.38. The van der Waals surface area contributed by atoms with Gasteiger partial charge < -0.3 is 14.8 Å². The smallest absolute Gasteiger partial charge is 0.431 e. The van der Waals surface area contributed by atoms with Crippen molar-refractivity contribution in [1.82, 2.24) is 9.55 Å². The van der Waals surface area contributed by atoms with Gasteiger partial charge in [-0.15, -0.1) is 0 Å². The second-order valence-corrected chi connectivity index (χ2v) is 5.73. The first kappa shape index (κ1) is 19.6. The lowest BCUT2D eigenvalue weighted by Crippen LogP contribution is -2.36. The number of carbonyl (C=O) groups is 1. The number of halogens is 4. The average molecular weight is 393 g/mol. The Morgan fingerprint density at radius 1 is 1.31 bits per heavy atom. The summed E-state index contributed by atoms with van der Waals surface area (Å²) in [5.74, 6) is -1.43. The van der Waals surface area contributed by atoms with Crippen LogP contribution in [0, 0.1) is 6.92 Å². The van der Waals surface area contributed by atoms with E-state index in [2.05, 4.69) is 0 Å². The van der Waals surface area contributed by atoms with Gasteiger partial charge in [-0.25, -0.2) is 14.2 Å². The van der Waals surface area contributed by atoms with Crippen LogP contribution in [0.5, 0.6) is 5.75 Å². The molecule has 0 spiro atoms. The van der Waals surface area contributed by atoms with Crippen LogP contribution in [-0.2, 0) is 11.0 Å². The highest BCUT2D eigenvalue weighted by Crippen LogP contribution is 2.30. The van der Waals surface area contributed by atoms with E-state index in [1.54, 1.807) is 4.98 Å². The number of rotatable bonds is 4. The average Bonchev–Trinajstić information content (AvgIpc) is 2.49. The second kappa shape index (κ2) is 6.87. The summed E-state index contributed by atoms with van der Waals surface area (Å²) in [4.78, 5) is 36.6. The van der Waals surface area contributed by atoms with E-state index >= 15 is 0 Å². The molecule has 1 aromatic heterocycles. The molecule has 0 bridgehead atoms. The largest absolute Gasteiger partial charge is 0.479 e. The van der Waals surface area contributed by atoms with Crippen molar-refractivity contribution in [2.24, 2.45) is 0 Å². The minimum absolute atomic E-state index is 0.00994. The summed E-state index contributed by atoms with van der Waals surface area (Å²) in [6, 6.07) is 2.65. The Kier molecular flexibility index (Phi) is 5.17. The molecule has 0 radical (unpaired) electrons. The Bertz CT molecular complexity index is 949. The monoisotopic (exact) mass is 392 g/mol. The maximum atomic E-state index is 12.7. The summed E-state index contributed by atoms with van der Waals surface area (Å²) in [7, 11) is 0. The van der Waals surface area contributed by atoms with E-state index in [9.17, 15) is 27.6 Å². The Morgan fingerprint density at radius 2 is 1.92 bits per heavy atom. The highest BCUT2D eigenvalue weighted by molar-refractivity contribution is 6.32. The van der Waals surface area contributed by atoms with Crippen molar-refractivity contribution < 1.29 is 27.8 Å². The summed E-state index contributed by atoms with van der Waals surface area (Å²) in [5.41, 5.74) is -3.82. The van der Waals surface area contributed by atoms with Crippen LogP contribution in [0.25, 0.3) is 5.69 Å². The number of hydrogen-bond acceptors (Lipinski definition) is 4. The standard InChI is InChI=1S/C15H12ClF3N2O5/c1-6-3-8(16)10(26-7(2)13(23)24)4-9(6)21-12(22)5-11(15(17,18)19)20-14(21)25/h3-5,7H,1-2H3,(H,20,25)(H,23,24)/t7-/m1/s1. The molecule has 1 atom stereocenters. The zero-order valence-corrected chi connectivity index (χ0v) is 14.1. The van der Waals surface area contributed by atoms with Crippen LogP contribution in [0.4, 0.5) is 13.2 Å². The van der Waals surface area contributed by atoms with Crippen LogP contribution in [0.2, 0.25) is 5.02 Å². The summed E-state index contributed by atoms with van der Waals surface area (Å²) >= 11 is 5.96. The van der Waals surface area contributed by atoms with Crippen molar-refractivity contribution in [1.29, 1.82) is 0 Å². The van der Waals surface area contributed by atoms with Gasteiger partial charge in [0.2, 0.25) is 0 Å². The molecule has 2 aromatic rings. The van der Waals surface area contributed by atoms with E-state index in [1.165, 1.54) is 19.9 Å². The Labute approximate surface area is 148 Å². The van der Waals surface area contributed by atoms with Gasteiger partial charge in [0.15, 0.2) is 6.10 Å². The number of aromatic amines is 1. The van der Waals surface area contributed by atoms with Crippen LogP contribution in [0.1, 0.15) is 18.2 Å². The maximum absolute atomic E-state index is 12.7. The molecule has 0 unspecified atom stereocenters. The van der Waals surface area contributed by atoms with Crippen LogP contribution < -0.4 is 16.0 Å². The lowest BCUT2D eigenvalue weighted by Gasteiger charge is -2.16. The first-order chi connectivity index (χ1) is 11.9. The molecule has 11 heteroatoms. The molecular weight excluding hydrogens is 381 g/mol. The fraction of sp³-hybridized carbons (Fsp3) is 0.267. The van der Waals surface area contributed by atoms with Gasteiger partial charge in [-0.05, 0) is 25.5 Å². The van der Waals surface area contributed by atoms with Gasteiger partial charge >= 0.3 is 17.8 Å². The van der Waals surface area contributed by atoms with Gasteiger partial charge in [-0.3, -0.25) is 4.79 Å². The van der Waals surface area contributed by atoms with Crippen molar-refractivity contribution >= 4 is 17.6 Å². The number of alkyl halides is 3. The molecule has 2 N–H and O–H groups in total. The number of aryl methyl sites for hydroxylation is 1. The molecule has 0 aliphatic carbocycles. The van der Waals surface area contributed by atoms with Gasteiger partial charge in [0.25, 0.3) is 5.56 Å². The van der Waals surface area contributed by atoms with Crippen molar-refractivity contribution in [3.05, 3.63) is 55.3 Å². The highest BCUT2D eigenvalue weighted by Gasteiger charge is 2.33. The number of ether oxygens (including phenoxy) is 1. The first-order valence-corrected chi connectivity index (χ1v) is 7.43. The van der Waals surface area contributed by atoms with E-state index in [4.69, 9.17) is 21.4 Å². The zero-order valence-electron chi connectivity index (χ0n) is 13.3. The number of carboxylic acid groups (broad SMARTS) is 1. The van der Waals surface area contributed by atoms with Crippen LogP contribution in [0.15, 0.2) is 27.8 Å². The molecule has 26 heavy (non-hydrogen) atoms. The number of nitrogens with one attached hydrogen (secondary N) is 1. The third kappa shape index (κ3) is 3.90. The molecule has 0 aliphatic rings. The lowest BCUT2D eigenvalue weighted by atomic mass is 10.2. The van der Waals surface area contributed by atoms with Gasteiger partial charge in [-0.2, -0.15) is 13.2 Å². The number of aromatic nitrogens is 2. The topological polar surface area (TPSA) is 101 Å². The fourth-order valence-electron chi connectivity index (χ4n) is 2.09. The second-order valence-electron chi connectivity index (χ2n) is 5.33. The minimum atomic E-state index is -4.89. The molecule has 0 aliphatic heterocycles. The maximum Gasteiger partial charge on any atom is 0.431 e. The number of carboxylic acids is 1. The molecule has 0 fully saturated rings. The molecule has 7 nitrogen and oxygen atoms in total. The summed E-state index contributed by atoms with van der Waals surface area (Å²) in [6.45, 7) is 2.70. The molecule has 140 valence electrons. The molecular formula is C15H12ClF3N2O5. The van der Waals surface area contributed by atoms with E-state index < -0.39 is 35.2 Å². The van der Waals surface area contributed by atoms with Crippen molar-refractivity contribution in [3.8, 4) is 11.4 Å². The number of nitrogens with zero attached hydrogens (tertiary/aromatic N) is 1. The van der Waals surface area contributed by atoms with Crippen molar-refractivity contribution in [3.63, 3.8) is 0 Å². The lowest BCUT2D eigenvalue weighted by molar-refractivity contribution is -0.144. The predicted octanol–water partition coefficient (Wildman–Crippen LogP) is 2.36. The molecule has 1 aromatic carbocycles. The molecule has 0 saturated carbocycles. The number of aliphatic carboxylic acids is 1. The third-order valence-corrected chi connectivity index (χ3v) is 3.68. The van der Waals surface area contributed by atoms with Gasteiger partial charge in [0, 0.05) is 12.1 Å². The fourth-order valence-corrected chi connectivity index (χ4v) is 2.35. The molecule has 2 rings (SSSR count). The van der Waals surface area contributed by atoms with Crippen LogP contribution in [-0.4, -0.2) is 26.7 Å². The highest BCUT2D eigenvalue weighted by atomic mass is 35.5. The first-order valence-electron chi connectivity index (χ1n) is 7.05. The summed E-state index contributed by atoms with van der Waals surface area (Å²) in [6.07, 6.45) is -6.18. The van der Waals surface area contributed by atoms with Gasteiger partial charge in [0.05, 0.1) is 10.7 Å². The SMILES string of the molecule is Cc1cc(Cl)c(O[C@H](C)C(=O)O)cc1-n1c(=O)cc(C(F)(F)F)[nH]c1=O. The molecule has 0 amide bonds. The Balaban J connectivity index is 2.64. The normalized spacial score (nSPS) is 12.7. The van der Waals surface area contributed by atoms with E-state index in [-0.39, 0.29) is 28.1 Å². The van der Waals surface area contributed by atoms with E-state index in [0.29, 0.717) is 4.57 Å². The van der Waals surface area contributed by atoms with Crippen LogP contribution in [0.3, 0.4) is 0 Å². The summed E-state index contributed by atoms with van der Waals surface area (Å²) < 4.78 is 43.7. The van der Waals surface area contributed by atoms with E-state index in [1.807, 2.05) is 0 Å². The predicted molar refractivity (Wildman–Crippen MR) is 85.1 cm³/mol. The Hall–Kier alpha value is -2.75. The summed E-state index contributed by atoms with van der Waals surface area (Å²) in [5, 5.41) is 8.90. The van der Waals surface area contributed by atoms with Crippen molar-refractivity contribution in [2.45, 2.75) is 26.1 Å². The number of hydrogen-bond donors (Lipinski definition) is 2. The number of benzene rings is 1. The quantitative estimate of drug-likeness (QED) is 0.831. The van der Waals surface area contributed by atoms with E-state index in [0.717, 1.165) is 6.07 Å². The van der Waals surface area contributed by atoms with Crippen LogP contribution >= 0.6 is 11.6 Å². The minimum Gasteiger partial charge on any atom is -0.479 e. The van der Waals surface area contributed by atoms with Gasteiger partial charge in [-0.1, -0.05) is 11.6 Å². The zero-order chi connectivity index (χ0) is 19.8. The van der Waals surface area contributed by atoms with Gasteiger partial charge in [0.1, 0.15) is 11.4 Å². The molecule has 0 saturated heterocycles. The molecule has 1 heterocycles. The Morgan fingerprint density at radius 3 is 2.42 bits per heavy atom. The number of H-pyrrole nitrogens is 1.